The van der Waals surface area contributed by atoms with Crippen LogP contribution in [0.25, 0.3) is 0 Å². The first-order chi connectivity index (χ1) is 11.5. The summed E-state index contributed by atoms with van der Waals surface area (Å²) in [6.45, 7) is 5.46. The first kappa shape index (κ1) is 15.5. The molecule has 0 N–H and O–H groups in total. The van der Waals surface area contributed by atoms with Gasteiger partial charge in [-0.3, -0.25) is 4.79 Å². The summed E-state index contributed by atoms with van der Waals surface area (Å²) in [4.78, 5) is 21.8. The van der Waals surface area contributed by atoms with E-state index in [1.807, 2.05) is 25.8 Å². The first-order valence-electron chi connectivity index (χ1n) is 8.34. The van der Waals surface area contributed by atoms with Crippen molar-refractivity contribution in [3.05, 3.63) is 32.9 Å². The molecule has 1 aliphatic carbocycles. The number of carbonyl (C=O) groups is 1. The molecule has 1 fully saturated rings. The van der Waals surface area contributed by atoms with Gasteiger partial charge in [0.25, 0.3) is 5.91 Å². The number of amides is 1. The van der Waals surface area contributed by atoms with Gasteiger partial charge in [-0.15, -0.1) is 16.4 Å². The van der Waals surface area contributed by atoms with Gasteiger partial charge in [0.15, 0.2) is 5.82 Å². The van der Waals surface area contributed by atoms with Crippen LogP contribution in [0.1, 0.15) is 38.1 Å². The van der Waals surface area contributed by atoms with E-state index in [1.165, 1.54) is 23.3 Å². The Morgan fingerprint density at radius 3 is 2.79 bits per heavy atom. The zero-order valence-electron chi connectivity index (χ0n) is 14.2. The zero-order valence-corrected chi connectivity index (χ0v) is 15.1. The maximum Gasteiger partial charge on any atom is 0.265 e. The lowest BCUT2D eigenvalue weighted by atomic mass is 10.1. The highest BCUT2D eigenvalue weighted by Crippen LogP contribution is 2.27. The van der Waals surface area contributed by atoms with E-state index in [4.69, 9.17) is 0 Å². The molecule has 126 valence electrons. The second-order valence-corrected chi connectivity index (χ2v) is 7.85. The van der Waals surface area contributed by atoms with Crippen molar-refractivity contribution >= 4 is 23.1 Å². The fourth-order valence-corrected chi connectivity index (χ4v) is 4.32. The number of anilines is 1. The Morgan fingerprint density at radius 2 is 2.08 bits per heavy atom. The van der Waals surface area contributed by atoms with Crippen LogP contribution >= 0.6 is 11.3 Å². The summed E-state index contributed by atoms with van der Waals surface area (Å²) < 4.78 is 0. The molecule has 0 unspecified atom stereocenters. The Morgan fingerprint density at radius 1 is 1.29 bits per heavy atom. The standard InChI is InChI=1S/C17H21N5OS/c1-10-16(24-11(2)18-10)17(23)21(3)13-8-22(9-13)15-7-12-5-4-6-14(12)19-20-15/h7,13H,4-6,8-9H2,1-3H3. The number of aromatic nitrogens is 3. The lowest BCUT2D eigenvalue weighted by Crippen LogP contribution is -2.60. The van der Waals surface area contributed by atoms with Crippen LogP contribution in [0.5, 0.6) is 0 Å². The van der Waals surface area contributed by atoms with Crippen molar-refractivity contribution in [3.8, 4) is 0 Å². The van der Waals surface area contributed by atoms with E-state index in [-0.39, 0.29) is 11.9 Å². The van der Waals surface area contributed by atoms with E-state index in [0.717, 1.165) is 53.0 Å². The highest BCUT2D eigenvalue weighted by molar-refractivity contribution is 7.13. The van der Waals surface area contributed by atoms with E-state index in [2.05, 4.69) is 26.1 Å². The average molecular weight is 343 g/mol. The van der Waals surface area contributed by atoms with Crippen LogP contribution in [0.4, 0.5) is 5.82 Å². The summed E-state index contributed by atoms with van der Waals surface area (Å²) in [5.41, 5.74) is 3.32. The molecule has 1 aliphatic heterocycles. The maximum atomic E-state index is 12.7. The summed E-state index contributed by atoms with van der Waals surface area (Å²) in [7, 11) is 1.88. The molecule has 1 saturated heterocycles. The van der Waals surface area contributed by atoms with Crippen LogP contribution < -0.4 is 4.90 Å². The molecular formula is C17H21N5OS. The quantitative estimate of drug-likeness (QED) is 0.853. The summed E-state index contributed by atoms with van der Waals surface area (Å²) in [5.74, 6) is 1.01. The highest BCUT2D eigenvalue weighted by atomic mass is 32.1. The molecule has 0 aromatic carbocycles. The highest BCUT2D eigenvalue weighted by Gasteiger charge is 2.35. The minimum Gasteiger partial charge on any atom is -0.351 e. The van der Waals surface area contributed by atoms with Crippen LogP contribution in [0, 0.1) is 13.8 Å². The molecule has 2 aromatic rings. The maximum absolute atomic E-state index is 12.7. The van der Waals surface area contributed by atoms with Crippen molar-refractivity contribution in [2.24, 2.45) is 0 Å². The topological polar surface area (TPSA) is 62.2 Å². The largest absolute Gasteiger partial charge is 0.351 e. The molecule has 0 spiro atoms. The minimum absolute atomic E-state index is 0.0720. The van der Waals surface area contributed by atoms with Crippen molar-refractivity contribution < 1.29 is 4.79 Å². The number of hydrogen-bond acceptors (Lipinski definition) is 6. The van der Waals surface area contributed by atoms with E-state index in [1.54, 1.807) is 0 Å². The normalized spacial score (nSPS) is 16.9. The molecule has 4 rings (SSSR count). The van der Waals surface area contributed by atoms with Gasteiger partial charge in [-0.25, -0.2) is 4.98 Å². The van der Waals surface area contributed by atoms with Gasteiger partial charge in [-0.05, 0) is 44.7 Å². The Kier molecular flexibility index (Phi) is 3.75. The van der Waals surface area contributed by atoms with Gasteiger partial charge in [0.1, 0.15) is 4.88 Å². The molecule has 7 heteroatoms. The molecule has 2 aliphatic rings. The number of hydrogen-bond donors (Lipinski definition) is 0. The van der Waals surface area contributed by atoms with Crippen molar-refractivity contribution in [1.29, 1.82) is 0 Å². The van der Waals surface area contributed by atoms with Gasteiger partial charge >= 0.3 is 0 Å². The Hall–Kier alpha value is -2.02. The van der Waals surface area contributed by atoms with Crippen molar-refractivity contribution in [2.45, 2.75) is 39.2 Å². The second kappa shape index (κ2) is 5.81. The molecule has 1 amide bonds. The number of thiazole rings is 1. The van der Waals surface area contributed by atoms with Gasteiger partial charge in [0, 0.05) is 20.1 Å². The lowest BCUT2D eigenvalue weighted by Gasteiger charge is -2.44. The zero-order chi connectivity index (χ0) is 16.8. The average Bonchev–Trinajstić information content (AvgIpc) is 3.10. The molecule has 0 bridgehead atoms. The smallest absolute Gasteiger partial charge is 0.265 e. The van der Waals surface area contributed by atoms with Crippen molar-refractivity contribution in [2.75, 3.05) is 25.0 Å². The summed E-state index contributed by atoms with van der Waals surface area (Å²) in [5, 5.41) is 9.64. The predicted octanol–water partition coefficient (Wildman–Crippen LogP) is 2.00. The van der Waals surface area contributed by atoms with Crippen LogP contribution in [-0.4, -0.2) is 52.2 Å². The molecule has 24 heavy (non-hydrogen) atoms. The van der Waals surface area contributed by atoms with Crippen molar-refractivity contribution in [1.82, 2.24) is 20.1 Å². The van der Waals surface area contributed by atoms with E-state index >= 15 is 0 Å². The lowest BCUT2D eigenvalue weighted by molar-refractivity contribution is 0.0709. The summed E-state index contributed by atoms with van der Waals surface area (Å²) in [6.07, 6.45) is 3.34. The van der Waals surface area contributed by atoms with Crippen LogP contribution in [0.15, 0.2) is 6.07 Å². The van der Waals surface area contributed by atoms with Crippen LogP contribution in [0.2, 0.25) is 0 Å². The van der Waals surface area contributed by atoms with Gasteiger partial charge in [-0.1, -0.05) is 0 Å². The molecule has 0 atom stereocenters. The van der Waals surface area contributed by atoms with Crippen molar-refractivity contribution in [3.63, 3.8) is 0 Å². The third-order valence-corrected chi connectivity index (χ3v) is 6.02. The van der Waals surface area contributed by atoms with Crippen LogP contribution in [0.3, 0.4) is 0 Å². The fourth-order valence-electron chi connectivity index (χ4n) is 3.41. The van der Waals surface area contributed by atoms with E-state index in [0.29, 0.717) is 0 Å². The third kappa shape index (κ3) is 2.56. The summed E-state index contributed by atoms with van der Waals surface area (Å²) in [6, 6.07) is 2.39. The molecule has 0 radical (unpaired) electrons. The molecule has 6 nitrogen and oxygen atoms in total. The molecule has 3 heterocycles. The SMILES string of the molecule is Cc1nc(C)c(C(=O)N(C)C2CN(c3cc4c(nn3)CCC4)C2)s1. The van der Waals surface area contributed by atoms with Gasteiger partial charge < -0.3 is 9.80 Å². The number of aryl methyl sites for hydroxylation is 4. The van der Waals surface area contributed by atoms with Gasteiger partial charge in [-0.2, -0.15) is 5.10 Å². The molecular weight excluding hydrogens is 322 g/mol. The number of rotatable bonds is 3. The number of likely N-dealkylation sites (N-methyl/N-ethyl adjacent to an activating group) is 1. The monoisotopic (exact) mass is 343 g/mol. The fraction of sp³-hybridized carbons (Fsp3) is 0.529. The van der Waals surface area contributed by atoms with E-state index in [9.17, 15) is 4.79 Å². The number of nitrogens with zero attached hydrogens (tertiary/aromatic N) is 5. The Labute approximate surface area is 145 Å². The molecule has 0 saturated carbocycles. The third-order valence-electron chi connectivity index (χ3n) is 4.96. The Bertz CT molecular complexity index is 796. The number of fused-ring (bicyclic) bond motifs is 1. The van der Waals surface area contributed by atoms with Gasteiger partial charge in [0.2, 0.25) is 0 Å². The summed E-state index contributed by atoms with van der Waals surface area (Å²) >= 11 is 1.48. The van der Waals surface area contributed by atoms with Crippen LogP contribution in [-0.2, 0) is 12.8 Å². The predicted molar refractivity (Wildman–Crippen MR) is 93.7 cm³/mol. The first-order valence-corrected chi connectivity index (χ1v) is 9.16. The van der Waals surface area contributed by atoms with E-state index < -0.39 is 0 Å². The molecule has 2 aromatic heterocycles. The minimum atomic E-state index is 0.0720. The Balaban J connectivity index is 1.41. The second-order valence-electron chi connectivity index (χ2n) is 6.65. The van der Waals surface area contributed by atoms with Gasteiger partial charge in [0.05, 0.1) is 22.4 Å². The number of carbonyl (C=O) groups excluding carboxylic acids is 1.